The van der Waals surface area contributed by atoms with Gasteiger partial charge in [0.1, 0.15) is 12.2 Å². The minimum absolute atomic E-state index is 0.0211. The molecule has 4 rings (SSSR count). The van der Waals surface area contributed by atoms with Gasteiger partial charge in [-0.15, -0.1) is 0 Å². The van der Waals surface area contributed by atoms with Gasteiger partial charge >= 0.3 is 5.97 Å². The molecule has 0 saturated heterocycles. The van der Waals surface area contributed by atoms with E-state index in [1.165, 1.54) is 6.33 Å². The molecule has 2 aromatic rings. The van der Waals surface area contributed by atoms with E-state index in [1.807, 2.05) is 10.7 Å². The Balaban J connectivity index is 1.51. The third-order valence-electron chi connectivity index (χ3n) is 5.21. The van der Waals surface area contributed by atoms with Crippen LogP contribution in [0.2, 0.25) is 0 Å². The van der Waals surface area contributed by atoms with Gasteiger partial charge in [-0.3, -0.25) is 9.48 Å². The number of aryl methyl sites for hydroxylation is 2. The van der Waals surface area contributed by atoms with Crippen LogP contribution in [0.1, 0.15) is 52.6 Å². The number of amides is 1. The molecule has 2 unspecified atom stereocenters. The number of carboxylic acids is 1. The van der Waals surface area contributed by atoms with Crippen molar-refractivity contribution in [2.24, 2.45) is 5.92 Å². The maximum Gasteiger partial charge on any atom is 0.335 e. The van der Waals surface area contributed by atoms with E-state index >= 15 is 0 Å². The maximum atomic E-state index is 12.7. The van der Waals surface area contributed by atoms with E-state index in [4.69, 9.17) is 0 Å². The van der Waals surface area contributed by atoms with Gasteiger partial charge in [-0.25, -0.2) is 9.78 Å². The van der Waals surface area contributed by atoms with Crippen molar-refractivity contribution in [1.82, 2.24) is 20.1 Å². The van der Waals surface area contributed by atoms with Crippen LogP contribution in [0.4, 0.5) is 0 Å². The number of aromatic carboxylic acids is 1. The molecule has 7 heteroatoms. The van der Waals surface area contributed by atoms with Crippen LogP contribution < -0.4 is 5.32 Å². The number of carbonyl (C=O) groups excluding carboxylic acids is 1. The number of nitrogens with zero attached hydrogens (tertiary/aromatic N) is 3. The average molecular weight is 340 g/mol. The molecular formula is C18H20N4O3. The fourth-order valence-electron chi connectivity index (χ4n) is 3.83. The van der Waals surface area contributed by atoms with Crippen molar-refractivity contribution >= 4 is 11.9 Å². The first-order chi connectivity index (χ1) is 12.1. The first kappa shape index (κ1) is 15.8. The molecule has 0 bridgehead atoms. The Labute approximate surface area is 145 Å². The van der Waals surface area contributed by atoms with Crippen LogP contribution >= 0.6 is 0 Å². The third-order valence-corrected chi connectivity index (χ3v) is 5.21. The van der Waals surface area contributed by atoms with Crippen LogP contribution in [0, 0.1) is 5.92 Å². The Bertz CT molecular complexity index is 829. The lowest BCUT2D eigenvalue weighted by Crippen LogP contribution is -2.38. The molecule has 0 spiro atoms. The average Bonchev–Trinajstić information content (AvgIpc) is 3.09. The second kappa shape index (κ2) is 6.31. The van der Waals surface area contributed by atoms with Crippen molar-refractivity contribution < 1.29 is 14.7 Å². The molecule has 25 heavy (non-hydrogen) atoms. The van der Waals surface area contributed by atoms with Crippen LogP contribution in [-0.4, -0.2) is 31.7 Å². The maximum absolute atomic E-state index is 12.7. The van der Waals surface area contributed by atoms with Crippen molar-refractivity contribution in [3.05, 3.63) is 47.0 Å². The van der Waals surface area contributed by atoms with Gasteiger partial charge in [0.25, 0.3) is 0 Å². The van der Waals surface area contributed by atoms with Gasteiger partial charge in [0, 0.05) is 18.9 Å². The molecule has 1 aliphatic carbocycles. The fourth-order valence-corrected chi connectivity index (χ4v) is 3.83. The standard InChI is InChI=1S/C18H20N4O3/c23-17(12-6-7-22-16(9-12)19-10-20-22)21-15-3-1-2-11-4-5-13(18(24)25)8-14(11)15/h4-5,8,10,12,15H,1-3,6-7,9H2,(H,21,23)(H,24,25). The number of hydrogen-bond acceptors (Lipinski definition) is 4. The number of benzene rings is 1. The first-order valence-corrected chi connectivity index (χ1v) is 8.65. The molecule has 0 radical (unpaired) electrons. The molecule has 1 aliphatic heterocycles. The van der Waals surface area contributed by atoms with Crippen molar-refractivity contribution in [1.29, 1.82) is 0 Å². The lowest BCUT2D eigenvalue weighted by Gasteiger charge is -2.29. The minimum atomic E-state index is -0.940. The summed E-state index contributed by atoms with van der Waals surface area (Å²) >= 11 is 0. The summed E-state index contributed by atoms with van der Waals surface area (Å²) < 4.78 is 1.85. The Morgan fingerprint density at radius 2 is 2.16 bits per heavy atom. The van der Waals surface area contributed by atoms with Gasteiger partial charge in [0.2, 0.25) is 5.91 Å². The van der Waals surface area contributed by atoms with Gasteiger partial charge < -0.3 is 10.4 Å². The number of carboxylic acid groups (broad SMARTS) is 1. The van der Waals surface area contributed by atoms with Gasteiger partial charge in [-0.2, -0.15) is 5.10 Å². The topological polar surface area (TPSA) is 97.1 Å². The first-order valence-electron chi connectivity index (χ1n) is 8.65. The quantitative estimate of drug-likeness (QED) is 0.887. The van der Waals surface area contributed by atoms with Gasteiger partial charge in [-0.05, 0) is 48.9 Å². The zero-order valence-corrected chi connectivity index (χ0v) is 13.8. The Morgan fingerprint density at radius 1 is 1.28 bits per heavy atom. The van der Waals surface area contributed by atoms with E-state index in [0.29, 0.717) is 13.0 Å². The SMILES string of the molecule is O=C(O)c1ccc2c(c1)C(NC(=O)C1CCn3ncnc3C1)CCC2. The van der Waals surface area contributed by atoms with Crippen LogP contribution in [0.15, 0.2) is 24.5 Å². The number of fused-ring (bicyclic) bond motifs is 2. The number of aromatic nitrogens is 3. The van der Waals surface area contributed by atoms with Crippen molar-refractivity contribution in [2.75, 3.05) is 0 Å². The number of hydrogen-bond donors (Lipinski definition) is 2. The zero-order valence-electron chi connectivity index (χ0n) is 13.8. The lowest BCUT2D eigenvalue weighted by atomic mass is 9.86. The van der Waals surface area contributed by atoms with E-state index in [2.05, 4.69) is 15.4 Å². The molecule has 0 saturated carbocycles. The third kappa shape index (κ3) is 3.01. The molecular weight excluding hydrogens is 320 g/mol. The van der Waals surface area contributed by atoms with Crippen molar-refractivity contribution in [2.45, 2.75) is 44.7 Å². The van der Waals surface area contributed by atoms with Crippen LogP contribution in [-0.2, 0) is 24.2 Å². The number of rotatable bonds is 3. The highest BCUT2D eigenvalue weighted by atomic mass is 16.4. The molecule has 7 nitrogen and oxygen atoms in total. The Hall–Kier alpha value is -2.70. The lowest BCUT2D eigenvalue weighted by molar-refractivity contribution is -0.126. The molecule has 2 heterocycles. The number of nitrogens with one attached hydrogen (secondary N) is 1. The molecule has 2 N–H and O–H groups in total. The van der Waals surface area contributed by atoms with E-state index in [9.17, 15) is 14.7 Å². The summed E-state index contributed by atoms with van der Waals surface area (Å²) in [5.74, 6) is -0.175. The predicted molar refractivity (Wildman–Crippen MR) is 89.1 cm³/mol. The molecule has 2 aliphatic rings. The number of carbonyl (C=O) groups is 2. The highest BCUT2D eigenvalue weighted by Gasteiger charge is 2.29. The molecule has 1 amide bonds. The summed E-state index contributed by atoms with van der Waals surface area (Å²) in [4.78, 5) is 28.2. The summed E-state index contributed by atoms with van der Waals surface area (Å²) in [5.41, 5.74) is 2.34. The fraction of sp³-hybridized carbons (Fsp3) is 0.444. The normalized spacial score (nSPS) is 21.9. The van der Waals surface area contributed by atoms with Crippen molar-refractivity contribution in [3.63, 3.8) is 0 Å². The molecule has 1 aromatic heterocycles. The largest absolute Gasteiger partial charge is 0.478 e. The summed E-state index contributed by atoms with van der Waals surface area (Å²) in [6, 6.07) is 5.11. The Morgan fingerprint density at radius 3 is 3.00 bits per heavy atom. The van der Waals surface area contributed by atoms with Crippen LogP contribution in [0.3, 0.4) is 0 Å². The molecule has 2 atom stereocenters. The molecule has 130 valence electrons. The van der Waals surface area contributed by atoms with E-state index in [0.717, 1.165) is 42.6 Å². The van der Waals surface area contributed by atoms with Gasteiger partial charge in [-0.1, -0.05) is 6.07 Å². The van der Waals surface area contributed by atoms with E-state index < -0.39 is 5.97 Å². The second-order valence-electron chi connectivity index (χ2n) is 6.76. The van der Waals surface area contributed by atoms with E-state index in [1.54, 1.807) is 12.1 Å². The van der Waals surface area contributed by atoms with E-state index in [-0.39, 0.29) is 23.4 Å². The van der Waals surface area contributed by atoms with Crippen molar-refractivity contribution in [3.8, 4) is 0 Å². The van der Waals surface area contributed by atoms with Crippen LogP contribution in [0.25, 0.3) is 0 Å². The molecule has 1 aromatic carbocycles. The van der Waals surface area contributed by atoms with Gasteiger partial charge in [0.05, 0.1) is 11.6 Å². The summed E-state index contributed by atoms with van der Waals surface area (Å²) in [6.45, 7) is 0.706. The zero-order chi connectivity index (χ0) is 17.4. The molecule has 0 fully saturated rings. The predicted octanol–water partition coefficient (Wildman–Crippen LogP) is 1.73. The monoisotopic (exact) mass is 340 g/mol. The second-order valence-corrected chi connectivity index (χ2v) is 6.76. The minimum Gasteiger partial charge on any atom is -0.478 e. The Kier molecular flexibility index (Phi) is 3.99. The van der Waals surface area contributed by atoms with Crippen LogP contribution in [0.5, 0.6) is 0 Å². The summed E-state index contributed by atoms with van der Waals surface area (Å²) in [6.07, 6.45) is 5.63. The smallest absolute Gasteiger partial charge is 0.335 e. The highest BCUT2D eigenvalue weighted by Crippen LogP contribution is 2.31. The van der Waals surface area contributed by atoms with Gasteiger partial charge in [0.15, 0.2) is 0 Å². The summed E-state index contributed by atoms with van der Waals surface area (Å²) in [7, 11) is 0. The highest BCUT2D eigenvalue weighted by molar-refractivity contribution is 5.88. The summed E-state index contributed by atoms with van der Waals surface area (Å²) in [5, 5.41) is 16.5.